The van der Waals surface area contributed by atoms with Crippen LogP contribution in [0.1, 0.15) is 18.4 Å². The Morgan fingerprint density at radius 3 is 2.72 bits per heavy atom. The Morgan fingerprint density at radius 1 is 1.32 bits per heavy atom. The van der Waals surface area contributed by atoms with Crippen molar-refractivity contribution in [2.75, 3.05) is 19.3 Å². The molecule has 0 aliphatic heterocycles. The quantitative estimate of drug-likeness (QED) is 0.734. The minimum Gasteiger partial charge on any atom is -0.352 e. The van der Waals surface area contributed by atoms with Gasteiger partial charge in [-0.05, 0) is 42.3 Å². The van der Waals surface area contributed by atoms with Crippen molar-refractivity contribution in [3.63, 3.8) is 0 Å². The average Bonchev–Trinajstić information content (AvgIpc) is 3.27. The Hall–Kier alpha value is -2.42. The van der Waals surface area contributed by atoms with E-state index in [-0.39, 0.29) is 24.1 Å². The van der Waals surface area contributed by atoms with Gasteiger partial charge in [0.2, 0.25) is 17.0 Å². The van der Waals surface area contributed by atoms with Crippen molar-refractivity contribution in [1.29, 1.82) is 0 Å². The molecule has 1 saturated carbocycles. The summed E-state index contributed by atoms with van der Waals surface area (Å²) in [5.41, 5.74) is 1.98. The van der Waals surface area contributed by atoms with Gasteiger partial charge in [-0.25, -0.2) is 0 Å². The van der Waals surface area contributed by atoms with Gasteiger partial charge in [0.15, 0.2) is 0 Å². The largest absolute Gasteiger partial charge is 0.352 e. The molecule has 0 unspecified atom stereocenters. The number of tetrazole rings is 1. The fraction of sp³-hybridized carbons (Fsp3) is 0.438. The zero-order valence-electron chi connectivity index (χ0n) is 14.2. The van der Waals surface area contributed by atoms with Gasteiger partial charge in [-0.1, -0.05) is 29.5 Å². The van der Waals surface area contributed by atoms with Gasteiger partial charge in [0.25, 0.3) is 0 Å². The standard InChI is InChI=1S/C16H20N6O2S/c1-11-3-7-13(8-4-11)22-16(18-19-20-22)25-10-15(24)21(2)9-14(23)17-12-5-6-12/h3-4,7-8,12H,5-6,9-10H2,1-2H3,(H,17,23). The van der Waals surface area contributed by atoms with Gasteiger partial charge in [-0.3, -0.25) is 9.59 Å². The van der Waals surface area contributed by atoms with E-state index in [0.29, 0.717) is 11.2 Å². The predicted octanol–water partition coefficient (Wildman–Crippen LogP) is 0.800. The van der Waals surface area contributed by atoms with Gasteiger partial charge in [0.1, 0.15) is 0 Å². The molecule has 1 aromatic heterocycles. The smallest absolute Gasteiger partial charge is 0.239 e. The summed E-state index contributed by atoms with van der Waals surface area (Å²) in [4.78, 5) is 25.4. The van der Waals surface area contributed by atoms with Crippen LogP contribution in [0.5, 0.6) is 0 Å². The first-order valence-corrected chi connectivity index (χ1v) is 9.03. The number of carbonyl (C=O) groups excluding carboxylic acids is 2. The molecular weight excluding hydrogens is 340 g/mol. The summed E-state index contributed by atoms with van der Waals surface area (Å²) >= 11 is 1.25. The third-order valence-corrected chi connectivity index (χ3v) is 4.70. The second kappa shape index (κ2) is 7.64. The third-order valence-electron chi connectivity index (χ3n) is 3.79. The summed E-state index contributed by atoms with van der Waals surface area (Å²) in [5.74, 6) is -0.0957. The van der Waals surface area contributed by atoms with Gasteiger partial charge in [0, 0.05) is 13.1 Å². The van der Waals surface area contributed by atoms with Crippen molar-refractivity contribution in [3.05, 3.63) is 29.8 Å². The van der Waals surface area contributed by atoms with E-state index in [1.54, 1.807) is 11.7 Å². The second-order valence-electron chi connectivity index (χ2n) is 6.09. The Kier molecular flexibility index (Phi) is 5.32. The molecule has 0 atom stereocenters. The highest BCUT2D eigenvalue weighted by Gasteiger charge is 2.24. The van der Waals surface area contributed by atoms with Crippen LogP contribution in [-0.2, 0) is 9.59 Å². The minimum absolute atomic E-state index is 0.0682. The van der Waals surface area contributed by atoms with Crippen LogP contribution in [-0.4, -0.2) is 62.3 Å². The van der Waals surface area contributed by atoms with Crippen molar-refractivity contribution >= 4 is 23.6 Å². The van der Waals surface area contributed by atoms with Crippen molar-refractivity contribution < 1.29 is 9.59 Å². The molecule has 2 amide bonds. The van der Waals surface area contributed by atoms with Crippen molar-refractivity contribution in [1.82, 2.24) is 30.4 Å². The van der Waals surface area contributed by atoms with Gasteiger partial charge in [-0.15, -0.1) is 5.10 Å². The molecular formula is C16H20N6O2S. The number of hydrogen-bond donors (Lipinski definition) is 1. The first-order chi connectivity index (χ1) is 12.0. The highest BCUT2D eigenvalue weighted by Crippen LogP contribution is 2.19. The maximum absolute atomic E-state index is 12.2. The Labute approximate surface area is 150 Å². The van der Waals surface area contributed by atoms with Gasteiger partial charge < -0.3 is 10.2 Å². The molecule has 0 radical (unpaired) electrons. The van der Waals surface area contributed by atoms with E-state index < -0.39 is 0 Å². The molecule has 8 nitrogen and oxygen atoms in total. The number of aromatic nitrogens is 4. The Bertz CT molecular complexity index is 756. The molecule has 0 bridgehead atoms. The zero-order chi connectivity index (χ0) is 17.8. The van der Waals surface area contributed by atoms with E-state index >= 15 is 0 Å². The zero-order valence-corrected chi connectivity index (χ0v) is 15.0. The number of carbonyl (C=O) groups is 2. The lowest BCUT2D eigenvalue weighted by molar-refractivity contribution is -0.132. The van der Waals surface area contributed by atoms with Crippen molar-refractivity contribution in [2.24, 2.45) is 0 Å². The third kappa shape index (κ3) is 4.79. The van der Waals surface area contributed by atoms with Crippen LogP contribution in [0.3, 0.4) is 0 Å². The number of thioether (sulfide) groups is 1. The lowest BCUT2D eigenvalue weighted by Crippen LogP contribution is -2.39. The summed E-state index contributed by atoms with van der Waals surface area (Å²) in [6, 6.07) is 8.09. The van der Waals surface area contributed by atoms with E-state index in [1.807, 2.05) is 31.2 Å². The topological polar surface area (TPSA) is 93.0 Å². The second-order valence-corrected chi connectivity index (χ2v) is 7.03. The van der Waals surface area contributed by atoms with E-state index in [0.717, 1.165) is 24.1 Å². The lowest BCUT2D eigenvalue weighted by atomic mass is 10.2. The summed E-state index contributed by atoms with van der Waals surface area (Å²) in [6.45, 7) is 2.08. The molecule has 2 aromatic rings. The molecule has 1 N–H and O–H groups in total. The number of nitrogens with zero attached hydrogens (tertiary/aromatic N) is 5. The summed E-state index contributed by atoms with van der Waals surface area (Å²) < 4.78 is 1.59. The first-order valence-electron chi connectivity index (χ1n) is 8.04. The predicted molar refractivity (Wildman–Crippen MR) is 93.4 cm³/mol. The normalized spacial score (nSPS) is 13.5. The molecule has 1 aliphatic carbocycles. The van der Waals surface area contributed by atoms with Crippen LogP contribution in [0, 0.1) is 6.92 Å². The molecule has 0 saturated heterocycles. The number of benzene rings is 1. The molecule has 1 fully saturated rings. The number of nitrogens with one attached hydrogen (secondary N) is 1. The Morgan fingerprint density at radius 2 is 2.04 bits per heavy atom. The molecule has 9 heteroatoms. The summed E-state index contributed by atoms with van der Waals surface area (Å²) in [6.07, 6.45) is 2.06. The molecule has 132 valence electrons. The van der Waals surface area contributed by atoms with E-state index in [1.165, 1.54) is 16.7 Å². The van der Waals surface area contributed by atoms with Gasteiger partial charge in [0.05, 0.1) is 18.0 Å². The molecule has 1 aromatic carbocycles. The highest BCUT2D eigenvalue weighted by atomic mass is 32.2. The average molecular weight is 360 g/mol. The fourth-order valence-electron chi connectivity index (χ4n) is 2.16. The molecule has 25 heavy (non-hydrogen) atoms. The van der Waals surface area contributed by atoms with Crippen LogP contribution in [0.4, 0.5) is 0 Å². The molecule has 3 rings (SSSR count). The van der Waals surface area contributed by atoms with E-state index in [2.05, 4.69) is 20.8 Å². The number of rotatable bonds is 7. The molecule has 1 heterocycles. The van der Waals surface area contributed by atoms with Gasteiger partial charge in [-0.2, -0.15) is 4.68 Å². The van der Waals surface area contributed by atoms with Crippen LogP contribution in [0.25, 0.3) is 5.69 Å². The Balaban J connectivity index is 1.54. The summed E-state index contributed by atoms with van der Waals surface area (Å²) in [7, 11) is 1.62. The van der Waals surface area contributed by atoms with Crippen LogP contribution in [0.2, 0.25) is 0 Å². The van der Waals surface area contributed by atoms with Gasteiger partial charge >= 0.3 is 0 Å². The maximum atomic E-state index is 12.2. The van der Waals surface area contributed by atoms with Crippen LogP contribution in [0.15, 0.2) is 29.4 Å². The number of hydrogen-bond acceptors (Lipinski definition) is 6. The van der Waals surface area contributed by atoms with Crippen LogP contribution < -0.4 is 5.32 Å². The minimum atomic E-state index is -0.144. The van der Waals surface area contributed by atoms with Crippen molar-refractivity contribution in [3.8, 4) is 5.69 Å². The first kappa shape index (κ1) is 17.4. The van der Waals surface area contributed by atoms with Crippen molar-refractivity contribution in [2.45, 2.75) is 31.0 Å². The summed E-state index contributed by atoms with van der Waals surface area (Å²) in [5, 5.41) is 15.0. The molecule has 1 aliphatic rings. The molecule has 0 spiro atoms. The number of likely N-dealkylation sites (N-methyl/N-ethyl adjacent to an activating group) is 1. The monoisotopic (exact) mass is 360 g/mol. The lowest BCUT2D eigenvalue weighted by Gasteiger charge is -2.16. The van der Waals surface area contributed by atoms with E-state index in [4.69, 9.17) is 0 Å². The number of amides is 2. The number of aryl methyl sites for hydroxylation is 1. The fourth-order valence-corrected chi connectivity index (χ4v) is 2.99. The highest BCUT2D eigenvalue weighted by molar-refractivity contribution is 7.99. The maximum Gasteiger partial charge on any atom is 0.239 e. The SMILES string of the molecule is Cc1ccc(-n2nnnc2SCC(=O)N(C)CC(=O)NC2CC2)cc1. The van der Waals surface area contributed by atoms with Crippen LogP contribution >= 0.6 is 11.8 Å². The van der Waals surface area contributed by atoms with E-state index in [9.17, 15) is 9.59 Å².